The van der Waals surface area contributed by atoms with Gasteiger partial charge in [-0.3, -0.25) is 14.4 Å². The van der Waals surface area contributed by atoms with E-state index in [0.29, 0.717) is 12.8 Å². The van der Waals surface area contributed by atoms with Crippen LogP contribution >= 0.6 is 0 Å². The minimum atomic E-state index is -0.808. The lowest BCUT2D eigenvalue weighted by atomic mass is 10.0. The third kappa shape index (κ3) is 56.5. The van der Waals surface area contributed by atoms with Crippen molar-refractivity contribution in [3.05, 3.63) is 134 Å². The van der Waals surface area contributed by atoms with Crippen molar-refractivity contribution in [2.45, 2.75) is 252 Å². The fourth-order valence-electron chi connectivity index (χ4n) is 7.59. The molecule has 1 unspecified atom stereocenters. The Bertz CT molecular complexity index is 1560. The van der Waals surface area contributed by atoms with Crippen molar-refractivity contribution in [2.24, 2.45) is 0 Å². The van der Waals surface area contributed by atoms with E-state index in [1.807, 2.05) is 0 Å². The Balaban J connectivity index is 4.46. The maximum absolute atomic E-state index is 12.8. The molecule has 0 fully saturated rings. The monoisotopic (exact) mass is 995 g/mol. The summed E-state index contributed by atoms with van der Waals surface area (Å²) >= 11 is 0. The summed E-state index contributed by atoms with van der Waals surface area (Å²) in [5, 5.41) is 0. The molecule has 0 aromatic carbocycles. The maximum atomic E-state index is 12.8. The smallest absolute Gasteiger partial charge is 0.306 e. The number of esters is 3. The molecular weight excluding hydrogens is 889 g/mol. The Kier molecular flexibility index (Phi) is 55.5. The molecular formula is C66H106O6. The first-order valence-corrected chi connectivity index (χ1v) is 29.2. The van der Waals surface area contributed by atoms with Gasteiger partial charge in [-0.25, -0.2) is 0 Å². The minimum Gasteiger partial charge on any atom is -0.462 e. The normalized spacial score (nSPS) is 13.1. The predicted octanol–water partition coefficient (Wildman–Crippen LogP) is 19.8. The highest BCUT2D eigenvalue weighted by molar-refractivity contribution is 5.71. The molecule has 0 heterocycles. The first-order chi connectivity index (χ1) is 35.5. The van der Waals surface area contributed by atoms with Crippen LogP contribution in [0, 0.1) is 0 Å². The Hall–Kier alpha value is -4.45. The summed E-state index contributed by atoms with van der Waals surface area (Å²) in [6.45, 7) is 6.35. The molecule has 1 atom stereocenters. The third-order valence-electron chi connectivity index (χ3n) is 11.9. The zero-order chi connectivity index (χ0) is 52.2. The quantitative estimate of drug-likeness (QED) is 0.0261. The van der Waals surface area contributed by atoms with Crippen LogP contribution in [0.3, 0.4) is 0 Å². The van der Waals surface area contributed by atoms with Crippen molar-refractivity contribution in [1.29, 1.82) is 0 Å². The fourth-order valence-corrected chi connectivity index (χ4v) is 7.59. The molecule has 406 valence electrons. The first-order valence-electron chi connectivity index (χ1n) is 29.2. The van der Waals surface area contributed by atoms with Gasteiger partial charge in [-0.1, -0.05) is 244 Å². The van der Waals surface area contributed by atoms with Crippen molar-refractivity contribution in [2.75, 3.05) is 13.2 Å². The van der Waals surface area contributed by atoms with E-state index in [-0.39, 0.29) is 37.5 Å². The molecule has 0 radical (unpaired) electrons. The second-order valence-electron chi connectivity index (χ2n) is 18.8. The zero-order valence-corrected chi connectivity index (χ0v) is 46.4. The van der Waals surface area contributed by atoms with Gasteiger partial charge in [-0.15, -0.1) is 0 Å². The standard InChI is InChI=1S/C66H106O6/c1-4-7-10-13-16-19-22-25-27-29-30-31-32-33-34-35-36-38-39-41-44-47-50-53-56-59-65(68)71-62-63(61-70-64(67)58-55-52-49-46-43-24-21-18-15-12-9-6-3)72-66(69)60-57-54-51-48-45-42-40-37-28-26-23-20-17-14-11-8-5-2/h7-8,10-11,16-17,19-20,25-28,30-31,33-34,36,38,40-42,44,63H,4-6,9,12-15,18,21-24,29,32,35,37,39,43,45-62H2,1-3H3/b10-7-,11-8-,19-16-,20-17-,27-25-,28-26-,31-30-,34-33-,38-36-,42-40-,44-41-. The number of carbonyl (C=O) groups is 3. The third-order valence-corrected chi connectivity index (χ3v) is 11.9. The van der Waals surface area contributed by atoms with Gasteiger partial charge in [0.05, 0.1) is 0 Å². The molecule has 6 nitrogen and oxygen atoms in total. The summed E-state index contributed by atoms with van der Waals surface area (Å²) in [6.07, 6.45) is 83.0. The van der Waals surface area contributed by atoms with Crippen LogP contribution in [0.4, 0.5) is 0 Å². The van der Waals surface area contributed by atoms with E-state index in [4.69, 9.17) is 14.2 Å². The SMILES string of the molecule is CC/C=C\C/C=C\C/C=C\C/C=C\C/C=C\C/C=C\C/C=C\CCCCCC(=O)OCC(COC(=O)CCCCCCCCCCCCCC)OC(=O)CCCCCC/C=C\C/C=C\C/C=C\C/C=C\CC. The van der Waals surface area contributed by atoms with Crippen LogP contribution < -0.4 is 0 Å². The number of allylic oxidation sites excluding steroid dienone is 22. The van der Waals surface area contributed by atoms with Gasteiger partial charge in [0.15, 0.2) is 6.10 Å². The number of ether oxygens (including phenoxy) is 3. The van der Waals surface area contributed by atoms with Crippen molar-refractivity contribution >= 4 is 17.9 Å². The largest absolute Gasteiger partial charge is 0.462 e. The highest BCUT2D eigenvalue weighted by Gasteiger charge is 2.19. The Morgan fingerprint density at radius 2 is 0.542 bits per heavy atom. The van der Waals surface area contributed by atoms with Crippen molar-refractivity contribution < 1.29 is 28.6 Å². The predicted molar refractivity (Wildman–Crippen MR) is 311 cm³/mol. The molecule has 0 spiro atoms. The molecule has 0 aromatic heterocycles. The van der Waals surface area contributed by atoms with Crippen molar-refractivity contribution in [3.63, 3.8) is 0 Å². The number of unbranched alkanes of at least 4 members (excludes halogenated alkanes) is 18. The van der Waals surface area contributed by atoms with Crippen LogP contribution in [-0.4, -0.2) is 37.2 Å². The summed E-state index contributed by atoms with van der Waals surface area (Å²) in [7, 11) is 0. The van der Waals surface area contributed by atoms with Crippen LogP contribution in [-0.2, 0) is 28.6 Å². The highest BCUT2D eigenvalue weighted by Crippen LogP contribution is 2.14. The van der Waals surface area contributed by atoms with Crippen molar-refractivity contribution in [3.8, 4) is 0 Å². The molecule has 0 aromatic rings. The van der Waals surface area contributed by atoms with Gasteiger partial charge < -0.3 is 14.2 Å². The van der Waals surface area contributed by atoms with E-state index in [1.165, 1.54) is 57.8 Å². The van der Waals surface area contributed by atoms with Crippen LogP contribution in [0.1, 0.15) is 245 Å². The highest BCUT2D eigenvalue weighted by atomic mass is 16.6. The average molecular weight is 996 g/mol. The van der Waals surface area contributed by atoms with Gasteiger partial charge >= 0.3 is 17.9 Å². The van der Waals surface area contributed by atoms with Crippen LogP contribution in [0.2, 0.25) is 0 Å². The average Bonchev–Trinajstić information content (AvgIpc) is 3.38. The topological polar surface area (TPSA) is 78.9 Å². The summed E-state index contributed by atoms with van der Waals surface area (Å²) in [5.41, 5.74) is 0. The lowest BCUT2D eigenvalue weighted by Crippen LogP contribution is -2.30. The van der Waals surface area contributed by atoms with E-state index in [9.17, 15) is 14.4 Å². The summed E-state index contributed by atoms with van der Waals surface area (Å²) in [6, 6.07) is 0. The molecule has 0 aliphatic carbocycles. The molecule has 0 amide bonds. The molecule has 0 aliphatic rings. The fraction of sp³-hybridized carbons (Fsp3) is 0.621. The molecule has 0 rings (SSSR count). The van der Waals surface area contributed by atoms with E-state index in [2.05, 4.69) is 154 Å². The van der Waals surface area contributed by atoms with Gasteiger partial charge in [-0.2, -0.15) is 0 Å². The summed E-state index contributed by atoms with van der Waals surface area (Å²) in [5.74, 6) is -0.963. The first kappa shape index (κ1) is 67.5. The van der Waals surface area contributed by atoms with Gasteiger partial charge in [0, 0.05) is 19.3 Å². The molecule has 0 aliphatic heterocycles. The Labute approximate surface area is 443 Å². The summed E-state index contributed by atoms with van der Waals surface area (Å²) in [4.78, 5) is 38.1. The van der Waals surface area contributed by atoms with E-state index in [0.717, 1.165) is 148 Å². The minimum absolute atomic E-state index is 0.101. The zero-order valence-electron chi connectivity index (χ0n) is 46.4. The number of rotatable bonds is 51. The Morgan fingerprint density at radius 1 is 0.292 bits per heavy atom. The van der Waals surface area contributed by atoms with Gasteiger partial charge in [0.1, 0.15) is 13.2 Å². The molecule has 72 heavy (non-hydrogen) atoms. The lowest BCUT2D eigenvalue weighted by molar-refractivity contribution is -0.167. The van der Waals surface area contributed by atoms with Crippen LogP contribution in [0.15, 0.2) is 134 Å². The molecule has 0 saturated carbocycles. The van der Waals surface area contributed by atoms with Gasteiger partial charge in [0.25, 0.3) is 0 Å². The van der Waals surface area contributed by atoms with Crippen LogP contribution in [0.5, 0.6) is 0 Å². The number of hydrogen-bond donors (Lipinski definition) is 0. The molecule has 0 saturated heterocycles. The van der Waals surface area contributed by atoms with Crippen LogP contribution in [0.25, 0.3) is 0 Å². The molecule has 6 heteroatoms. The van der Waals surface area contributed by atoms with E-state index < -0.39 is 6.10 Å². The van der Waals surface area contributed by atoms with Gasteiger partial charge in [-0.05, 0) is 116 Å². The second kappa shape index (κ2) is 59.1. The Morgan fingerprint density at radius 3 is 0.861 bits per heavy atom. The maximum Gasteiger partial charge on any atom is 0.306 e. The van der Waals surface area contributed by atoms with Crippen molar-refractivity contribution in [1.82, 2.24) is 0 Å². The second-order valence-corrected chi connectivity index (χ2v) is 18.8. The summed E-state index contributed by atoms with van der Waals surface area (Å²) < 4.78 is 16.8. The van der Waals surface area contributed by atoms with Gasteiger partial charge in [0.2, 0.25) is 0 Å². The molecule has 0 bridgehead atoms. The number of hydrogen-bond acceptors (Lipinski definition) is 6. The number of carbonyl (C=O) groups excluding carboxylic acids is 3. The van der Waals surface area contributed by atoms with E-state index in [1.54, 1.807) is 0 Å². The molecule has 0 N–H and O–H groups in total. The lowest BCUT2D eigenvalue weighted by Gasteiger charge is -2.18. The van der Waals surface area contributed by atoms with E-state index >= 15 is 0 Å².